The van der Waals surface area contributed by atoms with Crippen molar-refractivity contribution in [2.45, 2.75) is 6.92 Å². The minimum atomic E-state index is 1.31. The largest absolute Gasteiger partial charge is 0.411 e. The van der Waals surface area contributed by atoms with Crippen molar-refractivity contribution in [1.82, 2.24) is 0 Å². The van der Waals surface area contributed by atoms with E-state index in [-0.39, 0.29) is 0 Å². The third-order valence-electron chi connectivity index (χ3n) is 0.115. The summed E-state index contributed by atoms with van der Waals surface area (Å²) in [7, 11) is 0. The lowest BCUT2D eigenvalue weighted by atomic mass is 10.9. The molecular weight excluding hydrogens is 54.0 g/mol. The minimum Gasteiger partial charge on any atom is -0.411 e. The van der Waals surface area contributed by atoms with Crippen LogP contribution >= 0.6 is 0 Å². The fraction of sp³-hybridized carbons (Fsp3) is 0.500. The summed E-state index contributed by atoms with van der Waals surface area (Å²) in [4.78, 5) is 0. The van der Waals surface area contributed by atoms with Crippen LogP contribution in [-0.4, -0.2) is 11.4 Å². The zero-order valence-electron chi connectivity index (χ0n) is 2.47. The summed E-state index contributed by atoms with van der Waals surface area (Å²) in [5, 5.41) is 10.1. The lowest BCUT2D eigenvalue weighted by Crippen LogP contribution is -1.49. The van der Waals surface area contributed by atoms with Gasteiger partial charge in [0.15, 0.2) is 0 Å². The molecule has 2 nitrogen and oxygen atoms in total. The van der Waals surface area contributed by atoms with Gasteiger partial charge in [0.05, 0.1) is 0 Å². The third kappa shape index (κ3) is 1.47. The highest BCUT2D eigenvalue weighted by Crippen LogP contribution is 1.38. The number of oxime groups is 1. The molecular formula is C2H5NO. The van der Waals surface area contributed by atoms with Crippen LogP contribution in [0.2, 0.25) is 0 Å². The predicted octanol–water partition coefficient (Wildman–Crippen LogP) is 0.466. The molecule has 0 fully saturated rings. The minimum absolute atomic E-state index is 1.31. The second-order valence-corrected chi connectivity index (χ2v) is 0.374. The first kappa shape index (κ1) is 3.47. The van der Waals surface area contributed by atoms with E-state index >= 15 is 0 Å². The zero-order chi connectivity index (χ0) is 3.41. The summed E-state index contributed by atoms with van der Waals surface area (Å²) in [5.41, 5.74) is 0. The van der Waals surface area contributed by atoms with Crippen LogP contribution in [-0.2, 0) is 0 Å². The Labute approximate surface area is 24.7 Å². The van der Waals surface area contributed by atoms with E-state index in [2.05, 4.69) is 5.16 Å². The van der Waals surface area contributed by atoms with Crippen LogP contribution in [0.4, 0.5) is 0 Å². The van der Waals surface area contributed by atoms with Gasteiger partial charge in [0, 0.05) is 6.21 Å². The average Bonchev–Trinajstić information content (AvgIpc) is 1.37. The molecule has 0 rings (SSSR count). The summed E-state index contributed by atoms with van der Waals surface area (Å²) < 4.78 is 0. The van der Waals surface area contributed by atoms with E-state index in [4.69, 9.17) is 5.21 Å². The molecule has 4 heavy (non-hydrogen) atoms. The van der Waals surface area contributed by atoms with E-state index in [1.54, 1.807) is 6.92 Å². The van der Waals surface area contributed by atoms with Crippen molar-refractivity contribution < 1.29 is 5.21 Å². The normalized spacial score (nSPS) is 9.25. The molecule has 0 aromatic rings. The van der Waals surface area contributed by atoms with Gasteiger partial charge in [-0.05, 0) is 6.92 Å². The van der Waals surface area contributed by atoms with Gasteiger partial charge in [-0.1, -0.05) is 0 Å². The Kier molecular flexibility index (Phi) is 2.14. The molecule has 24 valence electrons. The van der Waals surface area contributed by atoms with Crippen LogP contribution in [0.1, 0.15) is 6.92 Å². The Morgan fingerprint density at radius 2 is 2.25 bits per heavy atom. The van der Waals surface area contributed by atoms with Gasteiger partial charge in [-0.15, -0.1) is 5.16 Å². The molecule has 0 aliphatic carbocycles. The molecule has 0 radical (unpaired) electrons. The fourth-order valence-electron chi connectivity index (χ4n) is 0. The van der Waals surface area contributed by atoms with Gasteiger partial charge in [0.2, 0.25) is 0 Å². The topological polar surface area (TPSA) is 32.6 Å². The molecule has 0 unspecified atom stereocenters. The lowest BCUT2D eigenvalue weighted by Gasteiger charge is -1.54. The first-order valence-corrected chi connectivity index (χ1v) is 1.04. The first-order valence-electron chi connectivity index (χ1n) is 1.04. The average molecular weight is 59.1 g/mol. The molecule has 0 saturated carbocycles. The molecule has 0 aromatic carbocycles. The van der Waals surface area contributed by atoms with Crippen molar-refractivity contribution >= 4 is 6.21 Å². The molecule has 0 atom stereocenters. The molecule has 0 heterocycles. The van der Waals surface area contributed by atoms with Crippen molar-refractivity contribution in [2.75, 3.05) is 0 Å². The Balaban J connectivity index is 2.55. The Morgan fingerprint density at radius 3 is 2.25 bits per heavy atom. The summed E-state index contributed by atoms with van der Waals surface area (Å²) >= 11 is 0. The van der Waals surface area contributed by atoms with Gasteiger partial charge >= 0.3 is 0 Å². The molecule has 0 aliphatic heterocycles. The maximum Gasteiger partial charge on any atom is 0.0404 e. The van der Waals surface area contributed by atoms with E-state index in [1.807, 2.05) is 0 Å². The number of nitrogens with zero attached hydrogens (tertiary/aromatic N) is 1. The SMILES string of the molecule is C/C=N\O. The Hall–Kier alpha value is -0.530. The third-order valence-corrected chi connectivity index (χ3v) is 0.115. The van der Waals surface area contributed by atoms with Crippen LogP contribution < -0.4 is 0 Å². The molecule has 0 bridgehead atoms. The van der Waals surface area contributed by atoms with E-state index in [1.165, 1.54) is 6.21 Å². The van der Waals surface area contributed by atoms with Gasteiger partial charge in [-0.2, -0.15) is 0 Å². The van der Waals surface area contributed by atoms with E-state index in [0.29, 0.717) is 0 Å². The summed E-state index contributed by atoms with van der Waals surface area (Å²) in [6.45, 7) is 1.64. The van der Waals surface area contributed by atoms with Crippen LogP contribution in [0, 0.1) is 0 Å². The number of hydrogen-bond donors (Lipinski definition) is 1. The smallest absolute Gasteiger partial charge is 0.0404 e. The van der Waals surface area contributed by atoms with Crippen molar-refractivity contribution in [3.05, 3.63) is 0 Å². The standard InChI is InChI=1S/C2H5NO/c1-2-3-4/h2,4H,1H3/b3-2-. The quantitative estimate of drug-likeness (QED) is 0.245. The second kappa shape index (κ2) is 2.47. The number of rotatable bonds is 0. The molecule has 2 heteroatoms. The molecule has 0 aliphatic rings. The van der Waals surface area contributed by atoms with Crippen LogP contribution in [0.5, 0.6) is 0 Å². The molecule has 0 spiro atoms. The van der Waals surface area contributed by atoms with Crippen LogP contribution in [0.25, 0.3) is 0 Å². The first-order chi connectivity index (χ1) is 1.91. The zero-order valence-corrected chi connectivity index (χ0v) is 2.47. The second-order valence-electron chi connectivity index (χ2n) is 0.374. The van der Waals surface area contributed by atoms with Gasteiger partial charge in [0.25, 0.3) is 0 Å². The maximum absolute atomic E-state index is 7.44. The van der Waals surface area contributed by atoms with Crippen molar-refractivity contribution in [1.29, 1.82) is 0 Å². The summed E-state index contributed by atoms with van der Waals surface area (Å²) in [6, 6.07) is 0. The summed E-state index contributed by atoms with van der Waals surface area (Å²) in [5.74, 6) is 0. The molecule has 0 saturated heterocycles. The Morgan fingerprint density at radius 1 is 2.00 bits per heavy atom. The highest BCUT2D eigenvalue weighted by Gasteiger charge is 1.34. The highest BCUT2D eigenvalue weighted by atomic mass is 16.4. The van der Waals surface area contributed by atoms with Crippen LogP contribution in [0.3, 0.4) is 0 Å². The molecule has 0 aromatic heterocycles. The molecule has 0 amide bonds. The van der Waals surface area contributed by atoms with E-state index in [0.717, 1.165) is 0 Å². The van der Waals surface area contributed by atoms with Crippen LogP contribution in [0.15, 0.2) is 5.16 Å². The fourth-order valence-corrected chi connectivity index (χ4v) is 0. The van der Waals surface area contributed by atoms with Crippen molar-refractivity contribution in [3.8, 4) is 0 Å². The molecule has 1 N–H and O–H groups in total. The van der Waals surface area contributed by atoms with Gasteiger partial charge in [-0.3, -0.25) is 0 Å². The number of hydrogen-bond acceptors (Lipinski definition) is 2. The van der Waals surface area contributed by atoms with Gasteiger partial charge in [-0.25, -0.2) is 0 Å². The van der Waals surface area contributed by atoms with E-state index < -0.39 is 0 Å². The lowest BCUT2D eigenvalue weighted by molar-refractivity contribution is 0.321. The van der Waals surface area contributed by atoms with Crippen molar-refractivity contribution in [2.24, 2.45) is 5.16 Å². The monoisotopic (exact) mass is 59.0 g/mol. The van der Waals surface area contributed by atoms with E-state index in [9.17, 15) is 0 Å². The van der Waals surface area contributed by atoms with Crippen molar-refractivity contribution in [3.63, 3.8) is 0 Å². The maximum atomic E-state index is 7.44. The summed E-state index contributed by atoms with van der Waals surface area (Å²) in [6.07, 6.45) is 1.31. The Bertz CT molecular complexity index is 21.2. The van der Waals surface area contributed by atoms with Gasteiger partial charge < -0.3 is 5.21 Å². The predicted molar refractivity (Wildman–Crippen MR) is 16.0 cm³/mol. The van der Waals surface area contributed by atoms with Gasteiger partial charge in [0.1, 0.15) is 0 Å². The highest BCUT2D eigenvalue weighted by molar-refractivity contribution is 5.51.